The fourth-order valence-corrected chi connectivity index (χ4v) is 5.71. The summed E-state index contributed by atoms with van der Waals surface area (Å²) in [4.78, 5) is 26.3. The molecule has 3 rings (SSSR count). The van der Waals surface area contributed by atoms with E-state index in [4.69, 9.17) is 39.5 Å². The van der Waals surface area contributed by atoms with Gasteiger partial charge in [0.15, 0.2) is 9.84 Å². The van der Waals surface area contributed by atoms with Gasteiger partial charge in [0.25, 0.3) is 0 Å². The third kappa shape index (κ3) is 4.80. The molecule has 33 heavy (non-hydrogen) atoms. The summed E-state index contributed by atoms with van der Waals surface area (Å²) in [6, 6.07) is 5.70. The molecule has 0 amide bonds. The van der Waals surface area contributed by atoms with Gasteiger partial charge < -0.3 is 4.74 Å². The Morgan fingerprint density at radius 1 is 1.03 bits per heavy atom. The van der Waals surface area contributed by atoms with E-state index in [2.05, 4.69) is 5.10 Å². The number of nitrogens with zero attached hydrogens (tertiary/aromatic N) is 2. The summed E-state index contributed by atoms with van der Waals surface area (Å²) in [5.41, 5.74) is 1.07. The van der Waals surface area contributed by atoms with Gasteiger partial charge in [-0.15, -0.1) is 0 Å². The molecule has 1 aromatic heterocycles. The van der Waals surface area contributed by atoms with E-state index in [-0.39, 0.29) is 43.1 Å². The van der Waals surface area contributed by atoms with Crippen LogP contribution in [0.1, 0.15) is 43.1 Å². The fraction of sp³-hybridized carbons (Fsp3) is 0.227. The van der Waals surface area contributed by atoms with Gasteiger partial charge in [-0.05, 0) is 56.2 Å². The van der Waals surface area contributed by atoms with Crippen molar-refractivity contribution >= 4 is 56.4 Å². The smallest absolute Gasteiger partial charge is 0.346 e. The maximum absolute atomic E-state index is 13.5. The highest BCUT2D eigenvalue weighted by Crippen LogP contribution is 2.34. The first-order valence-corrected chi connectivity index (χ1v) is 12.5. The average molecular weight is 530 g/mol. The third-order valence-corrected chi connectivity index (χ3v) is 7.38. The zero-order valence-electron chi connectivity index (χ0n) is 18.3. The van der Waals surface area contributed by atoms with Gasteiger partial charge in [-0.3, -0.25) is 4.79 Å². The molecule has 0 unspecified atom stereocenters. The van der Waals surface area contributed by atoms with E-state index < -0.39 is 21.6 Å². The van der Waals surface area contributed by atoms with E-state index in [0.717, 1.165) is 6.26 Å². The van der Waals surface area contributed by atoms with Crippen LogP contribution < -0.4 is 4.74 Å². The molecule has 174 valence electrons. The van der Waals surface area contributed by atoms with E-state index in [9.17, 15) is 18.0 Å². The summed E-state index contributed by atoms with van der Waals surface area (Å²) >= 11 is 18.4. The Balaban J connectivity index is 2.11. The molecule has 0 saturated carbocycles. The molecular weight excluding hydrogens is 511 g/mol. The fourth-order valence-electron chi connectivity index (χ4n) is 3.63. The molecule has 0 aliphatic heterocycles. The van der Waals surface area contributed by atoms with E-state index >= 15 is 0 Å². The number of sulfone groups is 1. The van der Waals surface area contributed by atoms with Gasteiger partial charge in [0.05, 0.1) is 26.2 Å². The molecule has 0 bridgehead atoms. The molecule has 0 aliphatic rings. The molecule has 2 aromatic carbocycles. The number of aryl methyl sites for hydroxylation is 3. The number of ketones is 1. The number of rotatable bonds is 5. The summed E-state index contributed by atoms with van der Waals surface area (Å²) in [7, 11) is -2.05. The second-order valence-corrected chi connectivity index (χ2v) is 10.7. The second-order valence-electron chi connectivity index (χ2n) is 7.51. The van der Waals surface area contributed by atoms with Crippen LogP contribution in [0.15, 0.2) is 29.2 Å². The normalized spacial score (nSPS) is 11.5. The van der Waals surface area contributed by atoms with Crippen molar-refractivity contribution in [3.05, 3.63) is 72.8 Å². The summed E-state index contributed by atoms with van der Waals surface area (Å²) in [5, 5.41) is 4.63. The number of esters is 1. The number of halogens is 3. The Morgan fingerprint density at radius 3 is 2.24 bits per heavy atom. The lowest BCUT2D eigenvalue weighted by Gasteiger charge is -2.14. The molecule has 0 spiro atoms. The van der Waals surface area contributed by atoms with Crippen LogP contribution in [0.4, 0.5) is 0 Å². The molecule has 0 atom stereocenters. The molecule has 3 aromatic rings. The minimum atomic E-state index is -3.56. The number of aromatic nitrogens is 2. The van der Waals surface area contributed by atoms with Crippen molar-refractivity contribution in [3.63, 3.8) is 0 Å². The molecule has 0 N–H and O–H groups in total. The van der Waals surface area contributed by atoms with Crippen molar-refractivity contribution in [2.75, 3.05) is 6.26 Å². The zero-order chi connectivity index (χ0) is 24.8. The predicted molar refractivity (Wildman–Crippen MR) is 127 cm³/mol. The molecule has 0 fully saturated rings. The predicted octanol–water partition coefficient (Wildman–Crippen LogP) is 5.16. The summed E-state index contributed by atoms with van der Waals surface area (Å²) in [5.74, 6) is -1.48. The van der Waals surface area contributed by atoms with Crippen molar-refractivity contribution < 1.29 is 22.7 Å². The van der Waals surface area contributed by atoms with Crippen molar-refractivity contribution in [1.82, 2.24) is 9.78 Å². The lowest BCUT2D eigenvalue weighted by molar-refractivity contribution is 0.0718. The van der Waals surface area contributed by atoms with Crippen LogP contribution in [-0.2, 0) is 16.9 Å². The highest BCUT2D eigenvalue weighted by molar-refractivity contribution is 7.90. The lowest BCUT2D eigenvalue weighted by Crippen LogP contribution is -2.15. The summed E-state index contributed by atoms with van der Waals surface area (Å²) in [6.07, 6.45) is 1.07. The number of carbonyl (C=O) groups is 2. The van der Waals surface area contributed by atoms with E-state index in [1.807, 2.05) is 0 Å². The van der Waals surface area contributed by atoms with Crippen molar-refractivity contribution in [2.24, 2.45) is 7.05 Å². The van der Waals surface area contributed by atoms with E-state index in [0.29, 0.717) is 16.3 Å². The molecule has 1 heterocycles. The average Bonchev–Trinajstić information content (AvgIpc) is 2.96. The molecule has 0 radical (unpaired) electrons. The number of hydrogen-bond acceptors (Lipinski definition) is 6. The molecular formula is C22H19Cl3N2O5S. The van der Waals surface area contributed by atoms with Crippen molar-refractivity contribution in [1.29, 1.82) is 0 Å². The Kier molecular flexibility index (Phi) is 6.96. The Bertz CT molecular complexity index is 1430. The van der Waals surface area contributed by atoms with Crippen molar-refractivity contribution in [3.8, 4) is 5.88 Å². The number of hydrogen-bond donors (Lipinski definition) is 0. The zero-order valence-corrected chi connectivity index (χ0v) is 21.4. The molecule has 0 aliphatic carbocycles. The Morgan fingerprint density at radius 2 is 1.67 bits per heavy atom. The van der Waals surface area contributed by atoms with Gasteiger partial charge in [-0.1, -0.05) is 34.8 Å². The minimum absolute atomic E-state index is 0.00713. The second kappa shape index (κ2) is 9.10. The first-order valence-electron chi connectivity index (χ1n) is 9.49. The molecule has 11 heteroatoms. The first-order chi connectivity index (χ1) is 15.2. The summed E-state index contributed by atoms with van der Waals surface area (Å²) in [6.45, 7) is 4.69. The summed E-state index contributed by atoms with van der Waals surface area (Å²) < 4.78 is 31.1. The van der Waals surface area contributed by atoms with Crippen LogP contribution in [0.25, 0.3) is 0 Å². The molecule has 7 nitrogen and oxygen atoms in total. The van der Waals surface area contributed by atoms with Crippen LogP contribution >= 0.6 is 34.8 Å². The third-order valence-electron chi connectivity index (χ3n) is 4.98. The first kappa shape index (κ1) is 25.2. The van der Waals surface area contributed by atoms with Crippen LogP contribution in [0.5, 0.6) is 5.88 Å². The standard InChI is InChI=1S/C22H19Cl3N2O5S/c1-10-8-15(18(25)11(2)20(10)33(5,30)31)19(28)17-12(3)26-27(4)21(17)32-22(29)14-7-6-13(23)9-16(14)24/h6-9H,1-5H3. The van der Waals surface area contributed by atoms with Crippen molar-refractivity contribution in [2.45, 2.75) is 25.7 Å². The maximum atomic E-state index is 13.5. The van der Waals surface area contributed by atoms with Crippen LogP contribution in [0, 0.1) is 20.8 Å². The largest absolute Gasteiger partial charge is 0.403 e. The number of carbonyl (C=O) groups excluding carboxylic acids is 2. The quantitative estimate of drug-likeness (QED) is 0.335. The monoisotopic (exact) mass is 528 g/mol. The van der Waals surface area contributed by atoms with Crippen LogP contribution in [0.3, 0.4) is 0 Å². The van der Waals surface area contributed by atoms with Gasteiger partial charge in [0.2, 0.25) is 11.7 Å². The lowest BCUT2D eigenvalue weighted by atomic mass is 9.99. The van der Waals surface area contributed by atoms with Crippen LogP contribution in [-0.4, -0.2) is 36.2 Å². The number of benzene rings is 2. The SMILES string of the molecule is Cc1cc(C(=O)c2c(C)nn(C)c2OC(=O)c2ccc(Cl)cc2Cl)c(Cl)c(C)c1S(C)(=O)=O. The van der Waals surface area contributed by atoms with Gasteiger partial charge in [-0.25, -0.2) is 17.9 Å². The van der Waals surface area contributed by atoms with Gasteiger partial charge >= 0.3 is 5.97 Å². The minimum Gasteiger partial charge on any atom is -0.403 e. The van der Waals surface area contributed by atoms with Gasteiger partial charge in [0.1, 0.15) is 5.56 Å². The van der Waals surface area contributed by atoms with Crippen LogP contribution in [0.2, 0.25) is 15.1 Å². The van der Waals surface area contributed by atoms with E-state index in [1.54, 1.807) is 13.8 Å². The Labute approximate surface area is 206 Å². The van der Waals surface area contributed by atoms with E-state index in [1.165, 1.54) is 42.9 Å². The highest BCUT2D eigenvalue weighted by atomic mass is 35.5. The number of ether oxygens (including phenoxy) is 1. The van der Waals surface area contributed by atoms with Gasteiger partial charge in [0, 0.05) is 23.9 Å². The highest BCUT2D eigenvalue weighted by Gasteiger charge is 2.29. The topological polar surface area (TPSA) is 95.3 Å². The Hall–Kier alpha value is -2.39. The van der Waals surface area contributed by atoms with Gasteiger partial charge in [-0.2, -0.15) is 5.10 Å². The maximum Gasteiger partial charge on any atom is 0.346 e. The molecule has 0 saturated heterocycles.